The van der Waals surface area contributed by atoms with E-state index in [-0.39, 0.29) is 0 Å². The molecule has 0 bridgehead atoms. The summed E-state index contributed by atoms with van der Waals surface area (Å²) in [4.78, 5) is 13.9. The van der Waals surface area contributed by atoms with Crippen LogP contribution in [0.15, 0.2) is 47.5 Å². The zero-order chi connectivity index (χ0) is 13.0. The number of ether oxygens (including phenoxy) is 1. The Morgan fingerprint density at radius 1 is 1.06 bits per heavy atom. The number of halogens is 2. The summed E-state index contributed by atoms with van der Waals surface area (Å²) in [5, 5.41) is 0.920. The molecular weight excluding hydrogens is 273 g/mol. The molecule has 0 radical (unpaired) electrons. The van der Waals surface area contributed by atoms with E-state index in [1.165, 1.54) is 12.1 Å². The van der Waals surface area contributed by atoms with Gasteiger partial charge in [0.1, 0.15) is 11.4 Å². The van der Waals surface area contributed by atoms with Gasteiger partial charge >= 0.3 is 0 Å². The Labute approximate surface area is 114 Å². The Morgan fingerprint density at radius 2 is 1.83 bits per heavy atom. The number of benzene rings is 2. The normalized spacial score (nSPS) is 9.67. The maximum Gasteiger partial charge on any atom is 0.240 e. The molecule has 0 N–H and O–H groups in total. The van der Waals surface area contributed by atoms with Crippen LogP contribution in [0.5, 0.6) is 11.5 Å². The molecule has 0 amide bonds. The van der Waals surface area contributed by atoms with Crippen LogP contribution in [0.2, 0.25) is 10.0 Å². The summed E-state index contributed by atoms with van der Waals surface area (Å²) in [5.74, 6) is 0.861. The molecule has 18 heavy (non-hydrogen) atoms. The molecule has 5 heteroatoms. The van der Waals surface area contributed by atoms with Gasteiger partial charge in [-0.2, -0.15) is 4.99 Å². The fraction of sp³-hybridized carbons (Fsp3) is 0. The van der Waals surface area contributed by atoms with Crippen LogP contribution < -0.4 is 4.74 Å². The van der Waals surface area contributed by atoms with Crippen LogP contribution in [-0.4, -0.2) is 6.08 Å². The van der Waals surface area contributed by atoms with Crippen molar-refractivity contribution < 1.29 is 9.53 Å². The molecule has 0 atom stereocenters. The van der Waals surface area contributed by atoms with Crippen molar-refractivity contribution in [3.8, 4) is 11.5 Å². The molecule has 2 aromatic rings. The molecule has 0 heterocycles. The van der Waals surface area contributed by atoms with Crippen molar-refractivity contribution in [3.05, 3.63) is 52.5 Å². The Hall–Kier alpha value is -1.80. The minimum absolute atomic E-state index is 0.303. The van der Waals surface area contributed by atoms with E-state index in [1.807, 2.05) is 0 Å². The Balaban J connectivity index is 2.40. The average molecular weight is 280 g/mol. The Kier molecular flexibility index (Phi) is 4.00. The zero-order valence-electron chi connectivity index (χ0n) is 9.06. The van der Waals surface area contributed by atoms with Crippen LogP contribution in [0.1, 0.15) is 0 Å². The summed E-state index contributed by atoms with van der Waals surface area (Å²) in [5.41, 5.74) is 0.303. The van der Waals surface area contributed by atoms with Crippen molar-refractivity contribution in [1.82, 2.24) is 0 Å². The number of isocyanates is 1. The summed E-state index contributed by atoms with van der Waals surface area (Å²) in [6, 6.07) is 11.8. The standard InChI is InChI=1S/C13H7Cl2NO2/c14-9-5-6-13(11(7-9)16-8-17)18-12-4-2-1-3-10(12)15/h1-7H. The second kappa shape index (κ2) is 5.69. The fourth-order valence-corrected chi connectivity index (χ4v) is 1.70. The molecule has 0 unspecified atom stereocenters. The van der Waals surface area contributed by atoms with Crippen LogP contribution in [0, 0.1) is 0 Å². The Bertz CT molecular complexity index is 622. The lowest BCUT2D eigenvalue weighted by atomic mass is 10.3. The third kappa shape index (κ3) is 2.90. The van der Waals surface area contributed by atoms with E-state index in [0.717, 1.165) is 0 Å². The number of para-hydroxylation sites is 1. The van der Waals surface area contributed by atoms with E-state index < -0.39 is 0 Å². The van der Waals surface area contributed by atoms with Crippen LogP contribution in [-0.2, 0) is 4.79 Å². The number of rotatable bonds is 3. The van der Waals surface area contributed by atoms with Crippen molar-refractivity contribution in [3.63, 3.8) is 0 Å². The monoisotopic (exact) mass is 279 g/mol. The van der Waals surface area contributed by atoms with Gasteiger partial charge in [-0.25, -0.2) is 4.79 Å². The molecule has 2 aromatic carbocycles. The molecule has 3 nitrogen and oxygen atoms in total. The van der Waals surface area contributed by atoms with Crippen molar-refractivity contribution in [2.24, 2.45) is 4.99 Å². The minimum Gasteiger partial charge on any atom is -0.453 e. The van der Waals surface area contributed by atoms with Gasteiger partial charge in [-0.05, 0) is 30.3 Å². The van der Waals surface area contributed by atoms with E-state index in [9.17, 15) is 4.79 Å². The van der Waals surface area contributed by atoms with Crippen molar-refractivity contribution >= 4 is 35.0 Å². The summed E-state index contributed by atoms with van der Waals surface area (Å²) < 4.78 is 5.58. The molecule has 0 fully saturated rings. The highest BCUT2D eigenvalue weighted by Gasteiger charge is 2.07. The van der Waals surface area contributed by atoms with Crippen molar-refractivity contribution in [1.29, 1.82) is 0 Å². The van der Waals surface area contributed by atoms with Crippen molar-refractivity contribution in [2.45, 2.75) is 0 Å². The summed E-state index contributed by atoms with van der Waals surface area (Å²) in [6.07, 6.45) is 1.46. The van der Waals surface area contributed by atoms with Gasteiger partial charge in [-0.15, -0.1) is 0 Å². The number of hydrogen-bond acceptors (Lipinski definition) is 3. The summed E-state index contributed by atoms with van der Waals surface area (Å²) >= 11 is 11.8. The molecule has 0 aliphatic carbocycles. The third-order valence-corrected chi connectivity index (χ3v) is 2.69. The molecule has 90 valence electrons. The zero-order valence-corrected chi connectivity index (χ0v) is 10.6. The predicted octanol–water partition coefficient (Wildman–Crippen LogP) is 4.75. The van der Waals surface area contributed by atoms with E-state index in [0.29, 0.717) is 27.2 Å². The van der Waals surface area contributed by atoms with Gasteiger partial charge in [0.15, 0.2) is 5.75 Å². The largest absolute Gasteiger partial charge is 0.453 e. The third-order valence-electron chi connectivity index (χ3n) is 2.14. The first-order valence-corrected chi connectivity index (χ1v) is 5.76. The second-order valence-corrected chi connectivity index (χ2v) is 4.19. The molecule has 0 spiro atoms. The molecule has 0 aliphatic heterocycles. The average Bonchev–Trinajstić information content (AvgIpc) is 2.35. The van der Waals surface area contributed by atoms with Gasteiger partial charge in [0.05, 0.1) is 5.02 Å². The molecular formula is C13H7Cl2NO2. The highest BCUT2D eigenvalue weighted by Crippen LogP contribution is 2.36. The first-order chi connectivity index (χ1) is 8.70. The summed E-state index contributed by atoms with van der Waals surface area (Å²) in [6.45, 7) is 0. The summed E-state index contributed by atoms with van der Waals surface area (Å²) in [7, 11) is 0. The maximum atomic E-state index is 10.3. The van der Waals surface area contributed by atoms with Gasteiger partial charge in [0.2, 0.25) is 6.08 Å². The van der Waals surface area contributed by atoms with Crippen LogP contribution in [0.4, 0.5) is 5.69 Å². The van der Waals surface area contributed by atoms with Gasteiger partial charge in [-0.3, -0.25) is 0 Å². The molecule has 0 aliphatic rings. The lowest BCUT2D eigenvalue weighted by molar-refractivity contribution is 0.484. The topological polar surface area (TPSA) is 38.7 Å². The van der Waals surface area contributed by atoms with E-state index in [4.69, 9.17) is 27.9 Å². The molecule has 2 rings (SSSR count). The van der Waals surface area contributed by atoms with Crippen LogP contribution in [0.3, 0.4) is 0 Å². The van der Waals surface area contributed by atoms with Gasteiger partial charge in [-0.1, -0.05) is 35.3 Å². The molecule has 0 saturated carbocycles. The van der Waals surface area contributed by atoms with Crippen LogP contribution in [0.25, 0.3) is 0 Å². The van der Waals surface area contributed by atoms with E-state index >= 15 is 0 Å². The second-order valence-electron chi connectivity index (χ2n) is 3.35. The SMILES string of the molecule is O=C=Nc1cc(Cl)ccc1Oc1ccccc1Cl. The lowest BCUT2D eigenvalue weighted by Crippen LogP contribution is -1.85. The highest BCUT2D eigenvalue weighted by molar-refractivity contribution is 6.32. The number of aliphatic imine (C=N–C) groups is 1. The lowest BCUT2D eigenvalue weighted by Gasteiger charge is -2.09. The molecule has 0 saturated heterocycles. The highest BCUT2D eigenvalue weighted by atomic mass is 35.5. The first kappa shape index (κ1) is 12.7. The first-order valence-electron chi connectivity index (χ1n) is 5.00. The van der Waals surface area contributed by atoms with Gasteiger partial charge in [0.25, 0.3) is 0 Å². The Morgan fingerprint density at radius 3 is 2.56 bits per heavy atom. The quantitative estimate of drug-likeness (QED) is 0.601. The number of nitrogens with zero attached hydrogens (tertiary/aromatic N) is 1. The predicted molar refractivity (Wildman–Crippen MR) is 70.8 cm³/mol. The maximum absolute atomic E-state index is 10.3. The minimum atomic E-state index is 0.303. The van der Waals surface area contributed by atoms with Crippen LogP contribution >= 0.6 is 23.2 Å². The number of carbonyl (C=O) groups excluding carboxylic acids is 1. The van der Waals surface area contributed by atoms with Gasteiger partial charge in [0, 0.05) is 5.02 Å². The van der Waals surface area contributed by atoms with Crippen molar-refractivity contribution in [2.75, 3.05) is 0 Å². The molecule has 0 aromatic heterocycles. The van der Waals surface area contributed by atoms with Gasteiger partial charge < -0.3 is 4.74 Å². The number of hydrogen-bond donors (Lipinski definition) is 0. The smallest absolute Gasteiger partial charge is 0.240 e. The van der Waals surface area contributed by atoms with E-state index in [2.05, 4.69) is 4.99 Å². The fourth-order valence-electron chi connectivity index (χ4n) is 1.36. The van der Waals surface area contributed by atoms with E-state index in [1.54, 1.807) is 36.4 Å².